The summed E-state index contributed by atoms with van der Waals surface area (Å²) < 4.78 is 6.19. The van der Waals surface area contributed by atoms with Gasteiger partial charge in [-0.1, -0.05) is 18.2 Å². The molecule has 3 heteroatoms. The maximum absolute atomic E-state index is 8.58. The number of hydrogen-bond acceptors (Lipinski definition) is 2. The minimum absolute atomic E-state index is 0.0720. The summed E-state index contributed by atoms with van der Waals surface area (Å²) in [6, 6.07) is 5.87. The van der Waals surface area contributed by atoms with Gasteiger partial charge in [-0.3, -0.25) is 0 Å². The summed E-state index contributed by atoms with van der Waals surface area (Å²) in [6.07, 6.45) is 3.58. The smallest absolute Gasteiger partial charge is 0.132 e. The lowest BCUT2D eigenvalue weighted by atomic mass is 10.2. The van der Waals surface area contributed by atoms with Crippen LogP contribution in [0.3, 0.4) is 0 Å². The quantitative estimate of drug-likeness (QED) is 0.866. The number of benzene rings is 1. The molecule has 1 rings (SSSR count). The molecule has 0 aromatic heterocycles. The minimum Gasteiger partial charge on any atom is -0.496 e. The average Bonchev–Trinajstić information content (AvgIpc) is 2.15. The second-order valence-corrected chi connectivity index (χ2v) is 3.64. The number of rotatable bonds is 3. The fraction of sp³-hybridized carbons (Fsp3) is 0.200. The zero-order valence-electron chi connectivity index (χ0n) is 7.33. The molecule has 0 aliphatic heterocycles. The topological polar surface area (TPSA) is 29.5 Å². The van der Waals surface area contributed by atoms with E-state index in [0.29, 0.717) is 0 Å². The Morgan fingerprint density at radius 3 is 2.85 bits per heavy atom. The molecule has 0 saturated carbocycles. The molecular weight excluding hydrogens is 279 g/mol. The molecule has 0 unspecified atom stereocenters. The van der Waals surface area contributed by atoms with E-state index in [4.69, 9.17) is 9.84 Å². The molecule has 0 atom stereocenters. The van der Waals surface area contributed by atoms with Crippen LogP contribution >= 0.6 is 22.6 Å². The van der Waals surface area contributed by atoms with Crippen molar-refractivity contribution in [3.63, 3.8) is 0 Å². The highest BCUT2D eigenvalue weighted by Gasteiger charge is 1.98. The molecule has 0 fully saturated rings. The van der Waals surface area contributed by atoms with Crippen molar-refractivity contribution >= 4 is 28.7 Å². The van der Waals surface area contributed by atoms with E-state index in [1.54, 1.807) is 13.2 Å². The Morgan fingerprint density at radius 2 is 2.31 bits per heavy atom. The summed E-state index contributed by atoms with van der Waals surface area (Å²) in [5.74, 6) is 0.877. The van der Waals surface area contributed by atoms with E-state index in [0.717, 1.165) is 14.9 Å². The Hall–Kier alpha value is -0.550. The van der Waals surface area contributed by atoms with Crippen molar-refractivity contribution in [3.8, 4) is 5.75 Å². The Labute approximate surface area is 91.4 Å². The fourth-order valence-electron chi connectivity index (χ4n) is 0.975. The summed E-state index contributed by atoms with van der Waals surface area (Å²) in [5, 5.41) is 8.58. The van der Waals surface area contributed by atoms with Crippen LogP contribution in [0.5, 0.6) is 5.75 Å². The number of aliphatic hydroxyl groups excluding tert-OH is 1. The van der Waals surface area contributed by atoms with Crippen molar-refractivity contribution in [1.82, 2.24) is 0 Å². The maximum Gasteiger partial charge on any atom is 0.132 e. The van der Waals surface area contributed by atoms with E-state index < -0.39 is 0 Å². The van der Waals surface area contributed by atoms with Gasteiger partial charge >= 0.3 is 0 Å². The molecule has 13 heavy (non-hydrogen) atoms. The lowest BCUT2D eigenvalue weighted by Gasteiger charge is -2.03. The first-order chi connectivity index (χ1) is 6.27. The van der Waals surface area contributed by atoms with Gasteiger partial charge in [-0.25, -0.2) is 0 Å². The molecular formula is C10H11IO2. The molecule has 70 valence electrons. The van der Waals surface area contributed by atoms with Crippen molar-refractivity contribution in [2.24, 2.45) is 0 Å². The Morgan fingerprint density at radius 1 is 1.54 bits per heavy atom. The van der Waals surface area contributed by atoms with E-state index in [-0.39, 0.29) is 6.61 Å². The van der Waals surface area contributed by atoms with Gasteiger partial charge in [0.05, 0.1) is 17.3 Å². The summed E-state index contributed by atoms with van der Waals surface area (Å²) in [5.41, 5.74) is 1.07. The monoisotopic (exact) mass is 290 g/mol. The number of halogens is 1. The largest absolute Gasteiger partial charge is 0.496 e. The minimum atomic E-state index is 0.0720. The molecule has 0 bridgehead atoms. The van der Waals surface area contributed by atoms with Crippen molar-refractivity contribution in [2.45, 2.75) is 0 Å². The number of ether oxygens (including phenoxy) is 1. The third-order valence-electron chi connectivity index (χ3n) is 1.59. The number of aliphatic hydroxyl groups is 1. The van der Waals surface area contributed by atoms with E-state index >= 15 is 0 Å². The van der Waals surface area contributed by atoms with E-state index in [1.807, 2.05) is 24.3 Å². The lowest BCUT2D eigenvalue weighted by Crippen LogP contribution is -1.86. The third-order valence-corrected chi connectivity index (χ3v) is 2.43. The number of hydrogen-bond donors (Lipinski definition) is 1. The van der Waals surface area contributed by atoms with Crippen LogP contribution in [-0.2, 0) is 0 Å². The zero-order valence-corrected chi connectivity index (χ0v) is 9.48. The SMILES string of the molecule is COc1ccc(C=CCO)cc1I. The molecule has 0 spiro atoms. The summed E-state index contributed by atoms with van der Waals surface area (Å²) in [6.45, 7) is 0.0720. The van der Waals surface area contributed by atoms with Gasteiger partial charge in [0.2, 0.25) is 0 Å². The van der Waals surface area contributed by atoms with Gasteiger partial charge in [-0.2, -0.15) is 0 Å². The molecule has 1 aromatic carbocycles. The first-order valence-electron chi connectivity index (χ1n) is 3.89. The Bertz CT molecular complexity index is 308. The van der Waals surface area contributed by atoms with Gasteiger partial charge in [-0.05, 0) is 40.3 Å². The van der Waals surface area contributed by atoms with Crippen LogP contribution in [0.25, 0.3) is 6.08 Å². The van der Waals surface area contributed by atoms with E-state index in [1.165, 1.54) is 0 Å². The van der Waals surface area contributed by atoms with Crippen LogP contribution in [0.15, 0.2) is 24.3 Å². The molecule has 1 N–H and O–H groups in total. The van der Waals surface area contributed by atoms with E-state index in [9.17, 15) is 0 Å². The van der Waals surface area contributed by atoms with Crippen LogP contribution in [0.1, 0.15) is 5.56 Å². The molecule has 0 radical (unpaired) electrons. The summed E-state index contributed by atoms with van der Waals surface area (Å²) in [4.78, 5) is 0. The van der Waals surface area contributed by atoms with E-state index in [2.05, 4.69) is 22.6 Å². The van der Waals surface area contributed by atoms with Crippen molar-refractivity contribution in [3.05, 3.63) is 33.4 Å². The van der Waals surface area contributed by atoms with Gasteiger partial charge in [0, 0.05) is 0 Å². The second kappa shape index (κ2) is 5.24. The van der Waals surface area contributed by atoms with Crippen LogP contribution in [0, 0.1) is 3.57 Å². The lowest BCUT2D eigenvalue weighted by molar-refractivity contribution is 0.343. The normalized spacial score (nSPS) is 10.7. The van der Waals surface area contributed by atoms with Gasteiger partial charge in [0.1, 0.15) is 5.75 Å². The highest BCUT2D eigenvalue weighted by molar-refractivity contribution is 14.1. The number of methoxy groups -OCH3 is 1. The molecule has 0 saturated heterocycles. The predicted molar refractivity (Wildman–Crippen MR) is 61.8 cm³/mol. The molecule has 0 aliphatic rings. The fourth-order valence-corrected chi connectivity index (χ4v) is 1.73. The molecule has 0 heterocycles. The van der Waals surface area contributed by atoms with Gasteiger partial charge in [-0.15, -0.1) is 0 Å². The van der Waals surface area contributed by atoms with Gasteiger partial charge < -0.3 is 9.84 Å². The van der Waals surface area contributed by atoms with Crippen molar-refractivity contribution < 1.29 is 9.84 Å². The summed E-state index contributed by atoms with van der Waals surface area (Å²) >= 11 is 2.22. The third kappa shape index (κ3) is 3.00. The molecule has 0 aliphatic carbocycles. The predicted octanol–water partition coefficient (Wildman–Crippen LogP) is 2.31. The zero-order chi connectivity index (χ0) is 9.68. The maximum atomic E-state index is 8.58. The van der Waals surface area contributed by atoms with Crippen molar-refractivity contribution in [2.75, 3.05) is 13.7 Å². The molecule has 2 nitrogen and oxygen atoms in total. The first kappa shape index (κ1) is 10.5. The standard InChI is InChI=1S/C10H11IO2/c1-13-10-5-4-8(3-2-6-12)7-9(10)11/h2-5,7,12H,6H2,1H3. The first-order valence-corrected chi connectivity index (χ1v) is 4.96. The van der Waals surface area contributed by atoms with Crippen LogP contribution in [0.2, 0.25) is 0 Å². The summed E-state index contributed by atoms with van der Waals surface area (Å²) in [7, 11) is 1.65. The van der Waals surface area contributed by atoms with Crippen LogP contribution in [0.4, 0.5) is 0 Å². The highest BCUT2D eigenvalue weighted by atomic mass is 127. The second-order valence-electron chi connectivity index (χ2n) is 2.48. The Kier molecular flexibility index (Phi) is 4.24. The average molecular weight is 290 g/mol. The van der Waals surface area contributed by atoms with Crippen molar-refractivity contribution in [1.29, 1.82) is 0 Å². The molecule has 0 amide bonds. The Balaban J connectivity index is 2.89. The van der Waals surface area contributed by atoms with Crippen LogP contribution in [-0.4, -0.2) is 18.8 Å². The van der Waals surface area contributed by atoms with Gasteiger partial charge in [0.15, 0.2) is 0 Å². The van der Waals surface area contributed by atoms with Gasteiger partial charge in [0.25, 0.3) is 0 Å². The highest BCUT2D eigenvalue weighted by Crippen LogP contribution is 2.21. The molecule has 1 aromatic rings. The van der Waals surface area contributed by atoms with Crippen LogP contribution < -0.4 is 4.74 Å².